The first-order valence-electron chi connectivity index (χ1n) is 5.21. The van der Waals surface area contributed by atoms with Crippen LogP contribution in [0.3, 0.4) is 0 Å². The molecular formula is C11H22I2O2. The van der Waals surface area contributed by atoms with Gasteiger partial charge in [-0.2, -0.15) is 0 Å². The molecule has 0 bridgehead atoms. The molecule has 92 valence electrons. The van der Waals surface area contributed by atoms with Gasteiger partial charge in [0, 0.05) is 37.2 Å². The minimum atomic E-state index is -0.0417. The SMILES string of the molecule is CCC(CC)C(=O)OCC(C)(C)C.II. The summed E-state index contributed by atoms with van der Waals surface area (Å²) in [5.41, 5.74) is 0.0711. The van der Waals surface area contributed by atoms with Gasteiger partial charge >= 0.3 is 5.97 Å². The Morgan fingerprint density at radius 3 is 1.87 bits per heavy atom. The quantitative estimate of drug-likeness (QED) is 0.465. The van der Waals surface area contributed by atoms with Crippen molar-refractivity contribution in [1.82, 2.24) is 0 Å². The standard InChI is InChI=1S/C11H22O2.I2/c1-6-9(7-2)10(12)13-8-11(3,4)5;1-2/h9H,6-8H2,1-5H3;. The van der Waals surface area contributed by atoms with Crippen molar-refractivity contribution in [1.29, 1.82) is 0 Å². The van der Waals surface area contributed by atoms with Crippen LogP contribution in [-0.2, 0) is 9.53 Å². The van der Waals surface area contributed by atoms with Crippen LogP contribution in [0.25, 0.3) is 0 Å². The summed E-state index contributed by atoms with van der Waals surface area (Å²) < 4.78 is 5.21. The molecule has 0 saturated carbocycles. The number of esters is 1. The minimum absolute atomic E-state index is 0.0417. The average Bonchev–Trinajstić information content (AvgIpc) is 2.19. The van der Waals surface area contributed by atoms with Gasteiger partial charge in [0.05, 0.1) is 12.5 Å². The Morgan fingerprint density at radius 1 is 1.20 bits per heavy atom. The predicted molar refractivity (Wildman–Crippen MR) is 82.5 cm³/mol. The topological polar surface area (TPSA) is 26.3 Å². The third-order valence-electron chi connectivity index (χ3n) is 1.97. The number of hydrogen-bond acceptors (Lipinski definition) is 2. The van der Waals surface area contributed by atoms with Gasteiger partial charge in [-0.15, -0.1) is 0 Å². The summed E-state index contributed by atoms with van der Waals surface area (Å²) in [4.78, 5) is 11.4. The molecule has 0 aromatic carbocycles. The van der Waals surface area contributed by atoms with Gasteiger partial charge < -0.3 is 4.74 Å². The molecule has 0 saturated heterocycles. The van der Waals surface area contributed by atoms with E-state index in [9.17, 15) is 4.79 Å². The fourth-order valence-corrected chi connectivity index (χ4v) is 1.03. The normalized spacial score (nSPS) is 10.7. The van der Waals surface area contributed by atoms with E-state index in [0.29, 0.717) is 6.61 Å². The molecule has 4 heteroatoms. The van der Waals surface area contributed by atoms with Gasteiger partial charge in [-0.25, -0.2) is 0 Å². The summed E-state index contributed by atoms with van der Waals surface area (Å²) in [6, 6.07) is 0. The average molecular weight is 440 g/mol. The highest BCUT2D eigenvalue weighted by Gasteiger charge is 2.19. The second-order valence-corrected chi connectivity index (χ2v) is 4.68. The minimum Gasteiger partial charge on any atom is -0.465 e. The van der Waals surface area contributed by atoms with Crippen molar-refractivity contribution in [3.63, 3.8) is 0 Å². The number of carbonyl (C=O) groups excluding carboxylic acids is 1. The number of carbonyl (C=O) groups is 1. The van der Waals surface area contributed by atoms with Gasteiger partial charge in [-0.1, -0.05) is 34.6 Å². The van der Waals surface area contributed by atoms with Gasteiger partial charge in [0.25, 0.3) is 0 Å². The molecule has 0 rings (SSSR count). The zero-order valence-electron chi connectivity index (χ0n) is 10.3. The van der Waals surface area contributed by atoms with Crippen molar-refractivity contribution < 1.29 is 9.53 Å². The fraction of sp³-hybridized carbons (Fsp3) is 0.909. The van der Waals surface area contributed by atoms with Gasteiger partial charge in [-0.3, -0.25) is 4.79 Å². The lowest BCUT2D eigenvalue weighted by atomic mass is 9.98. The van der Waals surface area contributed by atoms with E-state index in [2.05, 4.69) is 58.0 Å². The maximum Gasteiger partial charge on any atom is 0.308 e. The van der Waals surface area contributed by atoms with E-state index in [1.807, 2.05) is 13.8 Å². The zero-order chi connectivity index (χ0) is 12.5. The maximum absolute atomic E-state index is 11.4. The second kappa shape index (κ2) is 10.1. The molecule has 0 atom stereocenters. The molecule has 0 aliphatic heterocycles. The first-order valence-corrected chi connectivity index (χ1v) is 11.5. The lowest BCUT2D eigenvalue weighted by molar-refractivity contribution is -0.151. The Hall–Kier alpha value is 0.930. The first-order chi connectivity index (χ1) is 6.90. The zero-order valence-corrected chi connectivity index (χ0v) is 14.6. The van der Waals surface area contributed by atoms with E-state index in [1.165, 1.54) is 0 Å². The van der Waals surface area contributed by atoms with Gasteiger partial charge in [0.15, 0.2) is 0 Å². The first kappa shape index (κ1) is 18.3. The Kier molecular flexibility index (Phi) is 12.3. The summed E-state index contributed by atoms with van der Waals surface area (Å²) in [5.74, 6) is 0.0438. The third kappa shape index (κ3) is 11.2. The second-order valence-electron chi connectivity index (χ2n) is 4.68. The molecule has 15 heavy (non-hydrogen) atoms. The Labute approximate surface area is 117 Å². The predicted octanol–water partition coefficient (Wildman–Crippen LogP) is 4.78. The van der Waals surface area contributed by atoms with Crippen LogP contribution in [0.5, 0.6) is 0 Å². The monoisotopic (exact) mass is 440 g/mol. The molecule has 2 nitrogen and oxygen atoms in total. The van der Waals surface area contributed by atoms with Crippen LogP contribution >= 0.6 is 37.2 Å². The molecule has 0 amide bonds. The van der Waals surface area contributed by atoms with Crippen molar-refractivity contribution in [3.05, 3.63) is 0 Å². The fourth-order valence-electron chi connectivity index (χ4n) is 1.03. The molecule has 0 aromatic rings. The van der Waals surface area contributed by atoms with Crippen LogP contribution in [0.4, 0.5) is 0 Å². The molecular weight excluding hydrogens is 418 g/mol. The summed E-state index contributed by atoms with van der Waals surface area (Å²) in [5, 5.41) is 0. The van der Waals surface area contributed by atoms with E-state index >= 15 is 0 Å². The van der Waals surface area contributed by atoms with Crippen molar-refractivity contribution in [3.8, 4) is 0 Å². The Morgan fingerprint density at radius 2 is 1.60 bits per heavy atom. The maximum atomic E-state index is 11.4. The van der Waals surface area contributed by atoms with Crippen LogP contribution in [0.2, 0.25) is 0 Å². The van der Waals surface area contributed by atoms with Crippen LogP contribution < -0.4 is 0 Å². The Bertz CT molecular complexity index is 160. The van der Waals surface area contributed by atoms with Gasteiger partial charge in [0.1, 0.15) is 0 Å². The lowest BCUT2D eigenvalue weighted by Crippen LogP contribution is -2.23. The molecule has 0 spiro atoms. The molecule has 0 aliphatic carbocycles. The number of ether oxygens (including phenoxy) is 1. The highest BCUT2D eigenvalue weighted by molar-refractivity contribution is 15.0. The van der Waals surface area contributed by atoms with E-state index in [-0.39, 0.29) is 17.3 Å². The van der Waals surface area contributed by atoms with Crippen molar-refractivity contribution in [2.45, 2.75) is 47.5 Å². The molecule has 0 radical (unpaired) electrons. The largest absolute Gasteiger partial charge is 0.465 e. The highest BCUT2D eigenvalue weighted by Crippen LogP contribution is 2.16. The molecule has 0 fully saturated rings. The van der Waals surface area contributed by atoms with E-state index in [4.69, 9.17) is 4.74 Å². The Balaban J connectivity index is 0. The van der Waals surface area contributed by atoms with Crippen LogP contribution in [-0.4, -0.2) is 12.6 Å². The number of rotatable bonds is 4. The molecule has 0 unspecified atom stereocenters. The number of hydrogen-bond donors (Lipinski definition) is 0. The molecule has 0 heterocycles. The summed E-state index contributed by atoms with van der Waals surface area (Å²) in [6.07, 6.45) is 1.75. The molecule has 0 aliphatic rings. The van der Waals surface area contributed by atoms with Crippen LogP contribution in [0.15, 0.2) is 0 Å². The molecule has 0 aromatic heterocycles. The van der Waals surface area contributed by atoms with E-state index < -0.39 is 0 Å². The summed E-state index contributed by atoms with van der Waals surface area (Å²) in [6.45, 7) is 10.7. The summed E-state index contributed by atoms with van der Waals surface area (Å²) in [7, 11) is 0. The summed E-state index contributed by atoms with van der Waals surface area (Å²) >= 11 is 4.24. The lowest BCUT2D eigenvalue weighted by Gasteiger charge is -2.20. The van der Waals surface area contributed by atoms with E-state index in [0.717, 1.165) is 12.8 Å². The van der Waals surface area contributed by atoms with Crippen LogP contribution in [0, 0.1) is 11.3 Å². The third-order valence-corrected chi connectivity index (χ3v) is 1.97. The van der Waals surface area contributed by atoms with Gasteiger partial charge in [-0.05, 0) is 18.3 Å². The smallest absolute Gasteiger partial charge is 0.308 e. The van der Waals surface area contributed by atoms with Crippen molar-refractivity contribution >= 4 is 43.2 Å². The van der Waals surface area contributed by atoms with E-state index in [1.54, 1.807) is 0 Å². The molecule has 0 N–H and O–H groups in total. The van der Waals surface area contributed by atoms with Crippen molar-refractivity contribution in [2.75, 3.05) is 6.61 Å². The number of halogens is 2. The van der Waals surface area contributed by atoms with Gasteiger partial charge in [0.2, 0.25) is 0 Å². The van der Waals surface area contributed by atoms with Crippen LogP contribution in [0.1, 0.15) is 47.5 Å². The van der Waals surface area contributed by atoms with Crippen molar-refractivity contribution in [2.24, 2.45) is 11.3 Å². The highest BCUT2D eigenvalue weighted by atomic mass is 128.